The fourth-order valence-electron chi connectivity index (χ4n) is 3.60. The molecule has 0 spiro atoms. The third-order valence-corrected chi connectivity index (χ3v) is 5.39. The number of ether oxygens (including phenoxy) is 1. The zero-order chi connectivity index (χ0) is 22.9. The first kappa shape index (κ1) is 20.6. The van der Waals surface area contributed by atoms with Gasteiger partial charge in [-0.25, -0.2) is 9.24 Å². The van der Waals surface area contributed by atoms with Crippen molar-refractivity contribution in [1.82, 2.24) is 25.1 Å². The summed E-state index contributed by atoms with van der Waals surface area (Å²) in [6, 6.07) is 5.67. The number of rotatable bonds is 6. The molecule has 33 heavy (non-hydrogen) atoms. The Morgan fingerprint density at radius 3 is 2.88 bits per heavy atom. The average Bonchev–Trinajstić information content (AvgIpc) is 3.50. The van der Waals surface area contributed by atoms with Crippen LogP contribution in [0.25, 0.3) is 27.0 Å². The normalized spacial score (nSPS) is 13.0. The van der Waals surface area contributed by atoms with Crippen LogP contribution in [0.1, 0.15) is 28.8 Å². The average molecular weight is 442 g/mol. The van der Waals surface area contributed by atoms with Gasteiger partial charge in [0.05, 0.1) is 30.0 Å². The quantitative estimate of drug-likeness (QED) is 0.444. The molecule has 0 radical (unpaired) electrons. The Morgan fingerprint density at radius 1 is 1.24 bits per heavy atom. The number of halogens is 1. The minimum Gasteiger partial charge on any atom is -0.488 e. The number of carbonyl (C=O) groups excluding carboxylic acids is 1. The Hall–Kier alpha value is -4.32. The minimum atomic E-state index is -0.529. The molecule has 0 saturated heterocycles. The largest absolute Gasteiger partial charge is 0.488 e. The lowest BCUT2D eigenvalue weighted by Crippen LogP contribution is -2.26. The maximum absolute atomic E-state index is 14.0. The van der Waals surface area contributed by atoms with E-state index in [9.17, 15) is 9.18 Å². The smallest absolute Gasteiger partial charge is 0.255 e. The van der Waals surface area contributed by atoms with Gasteiger partial charge in [0.1, 0.15) is 17.3 Å². The summed E-state index contributed by atoms with van der Waals surface area (Å²) in [6.45, 7) is 7.52. The number of benzene rings is 1. The molecular weight excluding hydrogens is 423 g/mol. The van der Waals surface area contributed by atoms with Crippen LogP contribution in [0, 0.1) is 12.4 Å². The Morgan fingerprint density at radius 2 is 2.09 bits per heavy atom. The lowest BCUT2D eigenvalue weighted by molar-refractivity contribution is 0.0784. The van der Waals surface area contributed by atoms with Crippen LogP contribution in [-0.4, -0.2) is 44.1 Å². The second-order valence-corrected chi connectivity index (χ2v) is 7.99. The van der Waals surface area contributed by atoms with E-state index in [1.807, 2.05) is 0 Å². The van der Waals surface area contributed by atoms with Crippen molar-refractivity contribution in [3.05, 3.63) is 77.4 Å². The highest BCUT2D eigenvalue weighted by atomic mass is 19.1. The van der Waals surface area contributed by atoms with E-state index in [0.29, 0.717) is 29.1 Å². The number of carbonyl (C=O) groups is 1. The third kappa shape index (κ3) is 4.23. The monoisotopic (exact) mass is 442 g/mol. The molecule has 3 aromatic heterocycles. The molecule has 164 valence electrons. The Labute approximate surface area is 188 Å². The van der Waals surface area contributed by atoms with Crippen molar-refractivity contribution < 1.29 is 13.9 Å². The van der Waals surface area contributed by atoms with Crippen LogP contribution in [-0.2, 0) is 6.54 Å². The molecule has 0 bridgehead atoms. The van der Waals surface area contributed by atoms with Crippen molar-refractivity contribution in [2.24, 2.45) is 0 Å². The number of nitrogens with zero attached hydrogens (tertiary/aromatic N) is 5. The van der Waals surface area contributed by atoms with E-state index in [4.69, 9.17) is 11.3 Å². The molecule has 1 fully saturated rings. The van der Waals surface area contributed by atoms with E-state index in [1.54, 1.807) is 42.7 Å². The lowest BCUT2D eigenvalue weighted by atomic mass is 10.1. The lowest BCUT2D eigenvalue weighted by Gasteiger charge is -2.19. The molecule has 1 saturated carbocycles. The summed E-state index contributed by atoms with van der Waals surface area (Å²) >= 11 is 0. The zero-order valence-electron chi connectivity index (χ0n) is 17.7. The number of hydrogen-bond acceptors (Lipinski definition) is 5. The Balaban J connectivity index is 1.46. The number of nitrogens with one attached hydrogen (secondary N) is 1. The Kier molecular flexibility index (Phi) is 5.18. The van der Waals surface area contributed by atoms with Crippen molar-refractivity contribution in [2.45, 2.75) is 25.5 Å². The van der Waals surface area contributed by atoms with E-state index in [0.717, 1.165) is 29.3 Å². The molecule has 0 aliphatic heterocycles. The van der Waals surface area contributed by atoms with Crippen LogP contribution in [0.3, 0.4) is 0 Å². The van der Waals surface area contributed by atoms with Crippen LogP contribution in [0.4, 0.5) is 10.1 Å². The summed E-state index contributed by atoms with van der Waals surface area (Å²) < 4.78 is 20.0. The Bertz CT molecular complexity index is 1410. The van der Waals surface area contributed by atoms with E-state index in [1.165, 1.54) is 18.3 Å². The summed E-state index contributed by atoms with van der Waals surface area (Å²) in [5, 5.41) is 7.84. The number of aromatic nitrogens is 4. The van der Waals surface area contributed by atoms with E-state index < -0.39 is 5.82 Å². The number of pyridine rings is 2. The molecule has 0 atom stereocenters. The fourth-order valence-corrected chi connectivity index (χ4v) is 3.60. The molecule has 8 nitrogen and oxygen atoms in total. The van der Waals surface area contributed by atoms with Crippen LogP contribution >= 0.6 is 0 Å². The highest BCUT2D eigenvalue weighted by molar-refractivity contribution is 5.95. The molecule has 1 aliphatic carbocycles. The van der Waals surface area contributed by atoms with Crippen molar-refractivity contribution in [3.63, 3.8) is 0 Å². The first-order valence-corrected chi connectivity index (χ1v) is 10.4. The summed E-state index contributed by atoms with van der Waals surface area (Å²) in [4.78, 5) is 26.7. The van der Waals surface area contributed by atoms with Gasteiger partial charge in [0.15, 0.2) is 5.69 Å². The number of amides is 1. The van der Waals surface area contributed by atoms with Gasteiger partial charge >= 0.3 is 0 Å². The van der Waals surface area contributed by atoms with Gasteiger partial charge < -0.3 is 9.64 Å². The molecule has 1 N–H and O–H groups in total. The number of H-pyrrole nitrogens is 1. The SMILES string of the molecule is [C-]#[N+]c1cc(F)cc(-c2ncc(C(=O)N(C)Cc3cncc4cn[nH]c34)cc2OC2CC2)c1. The van der Waals surface area contributed by atoms with E-state index >= 15 is 0 Å². The topological polar surface area (TPSA) is 88.4 Å². The van der Waals surface area contributed by atoms with Gasteiger partial charge in [-0.2, -0.15) is 5.10 Å². The standard InChI is InChI=1S/C24H19FN6O2/c1-26-19-6-14(5-18(25)8-19)23-21(33-20-3-4-20)7-15(11-28-23)24(32)31(2)13-17-10-27-9-16-12-29-30-22(16)17/h5-12,20H,3-4,13H2,2H3,(H,29,30). The molecule has 4 aromatic rings. The van der Waals surface area contributed by atoms with Crippen LogP contribution in [0.5, 0.6) is 5.75 Å². The van der Waals surface area contributed by atoms with Gasteiger partial charge in [-0.15, -0.1) is 0 Å². The van der Waals surface area contributed by atoms with Gasteiger partial charge in [-0.05, 0) is 42.7 Å². The first-order chi connectivity index (χ1) is 16.0. The van der Waals surface area contributed by atoms with E-state index in [2.05, 4.69) is 25.0 Å². The number of aromatic amines is 1. The predicted molar refractivity (Wildman–Crippen MR) is 119 cm³/mol. The van der Waals surface area contributed by atoms with Crippen LogP contribution < -0.4 is 4.74 Å². The van der Waals surface area contributed by atoms with Crippen molar-refractivity contribution in [1.29, 1.82) is 0 Å². The molecule has 0 unspecified atom stereocenters. The number of fused-ring (bicyclic) bond motifs is 1. The minimum absolute atomic E-state index is 0.0478. The van der Waals surface area contributed by atoms with Gasteiger partial charge in [-0.1, -0.05) is 0 Å². The molecule has 9 heteroatoms. The molecule has 1 aromatic carbocycles. The van der Waals surface area contributed by atoms with Gasteiger partial charge in [-0.3, -0.25) is 19.9 Å². The molecule has 1 aliphatic rings. The summed E-state index contributed by atoms with van der Waals surface area (Å²) in [5.41, 5.74) is 3.02. The van der Waals surface area contributed by atoms with Crippen molar-refractivity contribution in [3.8, 4) is 17.0 Å². The van der Waals surface area contributed by atoms with Gasteiger partial charge in [0, 0.05) is 43.1 Å². The summed E-state index contributed by atoms with van der Waals surface area (Å²) in [5.74, 6) is -0.373. The van der Waals surface area contributed by atoms with Crippen molar-refractivity contribution >= 4 is 22.5 Å². The number of hydrogen-bond donors (Lipinski definition) is 1. The van der Waals surface area contributed by atoms with E-state index in [-0.39, 0.29) is 17.7 Å². The molecular formula is C24H19FN6O2. The second-order valence-electron chi connectivity index (χ2n) is 7.99. The van der Waals surface area contributed by atoms with Crippen LogP contribution in [0.2, 0.25) is 0 Å². The fraction of sp³-hybridized carbons (Fsp3) is 0.208. The third-order valence-electron chi connectivity index (χ3n) is 5.39. The maximum atomic E-state index is 14.0. The molecule has 1 amide bonds. The maximum Gasteiger partial charge on any atom is 0.255 e. The van der Waals surface area contributed by atoms with Gasteiger partial charge in [0.25, 0.3) is 5.91 Å². The second kappa shape index (κ2) is 8.31. The van der Waals surface area contributed by atoms with Crippen molar-refractivity contribution in [2.75, 3.05) is 7.05 Å². The summed E-state index contributed by atoms with van der Waals surface area (Å²) in [7, 11) is 1.70. The predicted octanol–water partition coefficient (Wildman–Crippen LogP) is 4.52. The highest BCUT2D eigenvalue weighted by Crippen LogP contribution is 2.36. The molecule has 5 rings (SSSR count). The highest BCUT2D eigenvalue weighted by Gasteiger charge is 2.26. The zero-order valence-corrected chi connectivity index (χ0v) is 17.7. The van der Waals surface area contributed by atoms with Crippen LogP contribution in [0.15, 0.2) is 49.1 Å². The molecule has 3 heterocycles. The summed E-state index contributed by atoms with van der Waals surface area (Å²) in [6.07, 6.45) is 8.41. The van der Waals surface area contributed by atoms with Gasteiger partial charge in [0.2, 0.25) is 0 Å². The first-order valence-electron chi connectivity index (χ1n) is 10.4.